The summed E-state index contributed by atoms with van der Waals surface area (Å²) in [6.07, 6.45) is -1.49. The summed E-state index contributed by atoms with van der Waals surface area (Å²) < 4.78 is 41.2. The third kappa shape index (κ3) is 3.77. The first-order valence-corrected chi connectivity index (χ1v) is 7.84. The van der Waals surface area contributed by atoms with Crippen LogP contribution in [-0.4, -0.2) is 15.5 Å². The largest absolute Gasteiger partial charge is 0.416 e. The number of imidazole rings is 1. The third-order valence-corrected chi connectivity index (χ3v) is 3.90. The van der Waals surface area contributed by atoms with Crippen molar-refractivity contribution in [3.63, 3.8) is 0 Å². The first-order chi connectivity index (χ1) is 12.2. The van der Waals surface area contributed by atoms with Crippen molar-refractivity contribution in [1.29, 1.82) is 0 Å². The van der Waals surface area contributed by atoms with Crippen LogP contribution in [0, 0.1) is 13.8 Å². The fourth-order valence-electron chi connectivity index (χ4n) is 2.58. The Kier molecular flexibility index (Phi) is 4.54. The van der Waals surface area contributed by atoms with Crippen molar-refractivity contribution in [2.75, 3.05) is 5.32 Å². The van der Waals surface area contributed by atoms with E-state index in [1.807, 2.05) is 0 Å². The first kappa shape index (κ1) is 17.7. The molecule has 4 nitrogen and oxygen atoms in total. The Morgan fingerprint density at radius 2 is 1.85 bits per heavy atom. The SMILES string of the molecule is Cc1cn(-c2cc(NC(=O)c3ccccc3C)cc(C(F)(F)F)c2)cn1. The van der Waals surface area contributed by atoms with Gasteiger partial charge in [-0.2, -0.15) is 13.2 Å². The number of aryl methyl sites for hydroxylation is 2. The number of carbonyl (C=O) groups excluding carboxylic acids is 1. The van der Waals surface area contributed by atoms with Gasteiger partial charge >= 0.3 is 6.18 Å². The molecular formula is C19H16F3N3O. The number of rotatable bonds is 3. The molecule has 0 radical (unpaired) electrons. The van der Waals surface area contributed by atoms with Crippen molar-refractivity contribution in [2.45, 2.75) is 20.0 Å². The average molecular weight is 359 g/mol. The van der Waals surface area contributed by atoms with E-state index >= 15 is 0 Å². The van der Waals surface area contributed by atoms with E-state index in [1.165, 1.54) is 17.0 Å². The Labute approximate surface area is 148 Å². The number of halogens is 3. The van der Waals surface area contributed by atoms with Gasteiger partial charge in [-0.1, -0.05) is 18.2 Å². The van der Waals surface area contributed by atoms with Crippen LogP contribution in [0.15, 0.2) is 55.0 Å². The molecule has 2 aromatic carbocycles. The number of alkyl halides is 3. The zero-order valence-electron chi connectivity index (χ0n) is 14.1. The minimum atomic E-state index is -4.53. The van der Waals surface area contributed by atoms with Gasteiger partial charge < -0.3 is 9.88 Å². The lowest BCUT2D eigenvalue weighted by Gasteiger charge is -2.14. The van der Waals surface area contributed by atoms with Gasteiger partial charge in [-0.05, 0) is 43.7 Å². The van der Waals surface area contributed by atoms with Crippen LogP contribution >= 0.6 is 0 Å². The van der Waals surface area contributed by atoms with Crippen LogP contribution in [0.5, 0.6) is 0 Å². The summed E-state index contributed by atoms with van der Waals surface area (Å²) in [7, 11) is 0. The Morgan fingerprint density at radius 1 is 1.12 bits per heavy atom. The Balaban J connectivity index is 2.01. The van der Waals surface area contributed by atoms with Gasteiger partial charge in [0.05, 0.1) is 17.6 Å². The summed E-state index contributed by atoms with van der Waals surface area (Å²) in [6.45, 7) is 3.51. The van der Waals surface area contributed by atoms with E-state index in [9.17, 15) is 18.0 Å². The van der Waals surface area contributed by atoms with E-state index in [0.29, 0.717) is 11.3 Å². The van der Waals surface area contributed by atoms with Gasteiger partial charge in [-0.15, -0.1) is 0 Å². The second-order valence-corrected chi connectivity index (χ2v) is 5.96. The van der Waals surface area contributed by atoms with Gasteiger partial charge in [0.15, 0.2) is 0 Å². The van der Waals surface area contributed by atoms with Crippen molar-refractivity contribution in [1.82, 2.24) is 9.55 Å². The Bertz CT molecular complexity index is 961. The lowest BCUT2D eigenvalue weighted by atomic mass is 10.1. The van der Waals surface area contributed by atoms with Crippen LogP contribution in [0.1, 0.15) is 27.2 Å². The Morgan fingerprint density at radius 3 is 2.46 bits per heavy atom. The molecule has 0 aliphatic heterocycles. The average Bonchev–Trinajstić information content (AvgIpc) is 3.00. The molecule has 1 amide bonds. The van der Waals surface area contributed by atoms with Crippen molar-refractivity contribution in [2.24, 2.45) is 0 Å². The number of benzene rings is 2. The van der Waals surface area contributed by atoms with Crippen LogP contribution in [-0.2, 0) is 6.18 Å². The van der Waals surface area contributed by atoms with E-state index in [4.69, 9.17) is 0 Å². The van der Waals surface area contributed by atoms with Gasteiger partial charge in [0.1, 0.15) is 0 Å². The number of carbonyl (C=O) groups is 1. The van der Waals surface area contributed by atoms with Crippen molar-refractivity contribution in [3.05, 3.63) is 77.4 Å². The number of nitrogens with zero attached hydrogens (tertiary/aromatic N) is 2. The molecule has 26 heavy (non-hydrogen) atoms. The first-order valence-electron chi connectivity index (χ1n) is 7.84. The molecule has 0 fully saturated rings. The molecule has 7 heteroatoms. The zero-order valence-corrected chi connectivity index (χ0v) is 14.1. The van der Waals surface area contributed by atoms with Crippen molar-refractivity contribution >= 4 is 11.6 Å². The summed E-state index contributed by atoms with van der Waals surface area (Å²) in [6, 6.07) is 10.3. The molecule has 0 aliphatic carbocycles. The highest BCUT2D eigenvalue weighted by Gasteiger charge is 2.31. The van der Waals surface area contributed by atoms with E-state index in [-0.39, 0.29) is 11.4 Å². The molecule has 3 aromatic rings. The molecule has 1 N–H and O–H groups in total. The summed E-state index contributed by atoms with van der Waals surface area (Å²) >= 11 is 0. The lowest BCUT2D eigenvalue weighted by molar-refractivity contribution is -0.137. The fraction of sp³-hybridized carbons (Fsp3) is 0.158. The minimum absolute atomic E-state index is 0.0643. The third-order valence-electron chi connectivity index (χ3n) is 3.90. The summed E-state index contributed by atoms with van der Waals surface area (Å²) in [4.78, 5) is 16.5. The normalized spacial score (nSPS) is 11.4. The van der Waals surface area contributed by atoms with E-state index in [2.05, 4.69) is 10.3 Å². The highest BCUT2D eigenvalue weighted by Crippen LogP contribution is 2.33. The number of anilines is 1. The van der Waals surface area contributed by atoms with Crippen molar-refractivity contribution in [3.8, 4) is 5.69 Å². The molecule has 1 heterocycles. The van der Waals surface area contributed by atoms with Crippen LogP contribution in [0.2, 0.25) is 0 Å². The number of aromatic nitrogens is 2. The molecular weight excluding hydrogens is 343 g/mol. The number of hydrogen-bond donors (Lipinski definition) is 1. The molecule has 1 aromatic heterocycles. The highest BCUT2D eigenvalue weighted by atomic mass is 19.4. The molecule has 0 spiro atoms. The second kappa shape index (κ2) is 6.67. The molecule has 0 bridgehead atoms. The predicted molar refractivity (Wildman–Crippen MR) is 92.4 cm³/mol. The summed E-state index contributed by atoms with van der Waals surface area (Å²) in [5.74, 6) is -0.463. The second-order valence-electron chi connectivity index (χ2n) is 5.96. The molecule has 0 unspecified atom stereocenters. The van der Waals surface area contributed by atoms with E-state index in [1.54, 1.807) is 44.3 Å². The van der Waals surface area contributed by atoms with Gasteiger partial charge in [0.25, 0.3) is 5.91 Å². The van der Waals surface area contributed by atoms with E-state index < -0.39 is 17.6 Å². The number of amides is 1. The summed E-state index contributed by atoms with van der Waals surface area (Å²) in [5, 5.41) is 2.56. The fourth-order valence-corrected chi connectivity index (χ4v) is 2.58. The maximum absolute atomic E-state index is 13.3. The zero-order chi connectivity index (χ0) is 18.9. The van der Waals surface area contributed by atoms with E-state index in [0.717, 1.165) is 17.7 Å². The lowest BCUT2D eigenvalue weighted by Crippen LogP contribution is -2.15. The van der Waals surface area contributed by atoms with Crippen LogP contribution in [0.3, 0.4) is 0 Å². The number of hydrogen-bond acceptors (Lipinski definition) is 2. The van der Waals surface area contributed by atoms with Gasteiger partial charge in [0, 0.05) is 23.1 Å². The quantitative estimate of drug-likeness (QED) is 0.733. The maximum Gasteiger partial charge on any atom is 0.416 e. The van der Waals surface area contributed by atoms with Gasteiger partial charge in [-0.3, -0.25) is 4.79 Å². The molecule has 0 atom stereocenters. The van der Waals surface area contributed by atoms with Crippen LogP contribution in [0.4, 0.5) is 18.9 Å². The molecule has 0 saturated carbocycles. The topological polar surface area (TPSA) is 46.9 Å². The smallest absolute Gasteiger partial charge is 0.322 e. The molecule has 134 valence electrons. The maximum atomic E-state index is 13.3. The van der Waals surface area contributed by atoms with Crippen molar-refractivity contribution < 1.29 is 18.0 Å². The standard InChI is InChI=1S/C19H16F3N3O/c1-12-5-3-4-6-17(12)18(26)24-15-7-14(19(20,21)22)8-16(9-15)25-10-13(2)23-11-25/h3-11H,1-2H3,(H,24,26). The minimum Gasteiger partial charge on any atom is -0.322 e. The van der Waals surface area contributed by atoms with Gasteiger partial charge in [0.2, 0.25) is 0 Å². The highest BCUT2D eigenvalue weighted by molar-refractivity contribution is 6.05. The predicted octanol–water partition coefficient (Wildman–Crippen LogP) is 4.76. The molecule has 0 saturated heterocycles. The number of nitrogens with one attached hydrogen (secondary N) is 1. The molecule has 0 aliphatic rings. The summed E-state index contributed by atoms with van der Waals surface area (Å²) in [5.41, 5.74) is 1.30. The van der Waals surface area contributed by atoms with Crippen LogP contribution < -0.4 is 5.32 Å². The van der Waals surface area contributed by atoms with Crippen LogP contribution in [0.25, 0.3) is 5.69 Å². The molecule has 3 rings (SSSR count). The Hall–Kier alpha value is -3.09. The van der Waals surface area contributed by atoms with Gasteiger partial charge in [-0.25, -0.2) is 4.98 Å². The monoisotopic (exact) mass is 359 g/mol.